The number of fused-ring (bicyclic) bond motifs is 5. The number of hydrogen-bond donors (Lipinski definition) is 2. The zero-order valence-corrected chi connectivity index (χ0v) is 37.5. The Hall–Kier alpha value is -3.05. The van der Waals surface area contributed by atoms with Crippen molar-refractivity contribution < 1.29 is 48.3 Å². The summed E-state index contributed by atoms with van der Waals surface area (Å²) in [6.45, 7) is 16.0. The molecule has 3 heterocycles. The lowest BCUT2D eigenvalue weighted by molar-refractivity contribution is -0.173. The highest BCUT2D eigenvalue weighted by atomic mass is 16.7. The van der Waals surface area contributed by atoms with Crippen molar-refractivity contribution in [1.29, 1.82) is 0 Å². The third-order valence-electron chi connectivity index (χ3n) is 19.5. The van der Waals surface area contributed by atoms with E-state index >= 15 is 0 Å². The van der Waals surface area contributed by atoms with Crippen molar-refractivity contribution >= 4 is 17.9 Å². The fourth-order valence-corrected chi connectivity index (χ4v) is 15.9. The lowest BCUT2D eigenvalue weighted by atomic mass is 9.46. The molecule has 7 saturated carbocycles. The van der Waals surface area contributed by atoms with E-state index in [0.29, 0.717) is 49.5 Å². The number of esters is 3. The molecule has 8 aliphatic carbocycles. The molecular weight excluding hydrogens is 785 g/mol. The van der Waals surface area contributed by atoms with E-state index in [-0.39, 0.29) is 83.1 Å². The van der Waals surface area contributed by atoms with E-state index in [1.54, 1.807) is 0 Å². The first-order chi connectivity index (χ1) is 29.6. The summed E-state index contributed by atoms with van der Waals surface area (Å²) in [6.07, 6.45) is 18.6. The number of carbonyl (C=O) groups is 3. The Morgan fingerprint density at radius 1 is 0.952 bits per heavy atom. The maximum Gasteiger partial charge on any atom is 0.334 e. The smallest absolute Gasteiger partial charge is 0.334 e. The number of carbonyl (C=O) groups excluding carboxylic acids is 3. The van der Waals surface area contributed by atoms with Crippen molar-refractivity contribution in [2.24, 2.45) is 57.7 Å². The molecule has 2 N–H and O–H groups in total. The molecule has 0 bridgehead atoms. The molecule has 336 valence electrons. The Kier molecular flexibility index (Phi) is 9.55. The molecule has 0 aromatic rings. The molecule has 0 aromatic heterocycles. The zero-order valence-electron chi connectivity index (χ0n) is 37.5. The summed E-state index contributed by atoms with van der Waals surface area (Å²) in [5.41, 5.74) is 3.57. The van der Waals surface area contributed by atoms with Crippen molar-refractivity contribution in [2.45, 2.75) is 179 Å². The number of aliphatic hydroxyl groups excluding tert-OH is 2. The first-order valence-electron chi connectivity index (χ1n) is 24.4. The van der Waals surface area contributed by atoms with E-state index in [1.807, 2.05) is 0 Å². The monoisotopic (exact) mass is 852 g/mol. The van der Waals surface area contributed by atoms with Crippen LogP contribution >= 0.6 is 0 Å². The maximum absolute atomic E-state index is 13.9. The van der Waals surface area contributed by atoms with Crippen molar-refractivity contribution in [3.05, 3.63) is 58.7 Å². The minimum Gasteiger partial charge on any atom is -0.458 e. The van der Waals surface area contributed by atoms with E-state index in [9.17, 15) is 24.6 Å². The van der Waals surface area contributed by atoms with Crippen LogP contribution in [0.5, 0.6) is 0 Å². The van der Waals surface area contributed by atoms with Gasteiger partial charge in [0.1, 0.15) is 24.4 Å². The van der Waals surface area contributed by atoms with Crippen LogP contribution in [-0.2, 0) is 38.1 Å². The molecule has 9 fully saturated rings. The largest absolute Gasteiger partial charge is 0.458 e. The second-order valence-corrected chi connectivity index (χ2v) is 22.6. The molecule has 62 heavy (non-hydrogen) atoms. The number of epoxide rings is 2. The van der Waals surface area contributed by atoms with Crippen molar-refractivity contribution in [3.8, 4) is 0 Å². The highest BCUT2D eigenvalue weighted by Gasteiger charge is 3.00. The van der Waals surface area contributed by atoms with Gasteiger partial charge in [0, 0.05) is 22.8 Å². The lowest BCUT2D eigenvalue weighted by Gasteiger charge is -2.54. The zero-order chi connectivity index (χ0) is 43.3. The molecule has 2 saturated heterocycles. The Balaban J connectivity index is 0.734. The summed E-state index contributed by atoms with van der Waals surface area (Å²) < 4.78 is 32.1. The van der Waals surface area contributed by atoms with Crippen LogP contribution < -0.4 is 0 Å². The van der Waals surface area contributed by atoms with E-state index in [0.717, 1.165) is 80.1 Å². The number of ether oxygens (including phenoxy) is 5. The molecule has 3 aliphatic heterocycles. The molecule has 16 atom stereocenters. The Morgan fingerprint density at radius 3 is 2.52 bits per heavy atom. The average Bonchev–Trinajstić information content (AvgIpc) is 4.07. The van der Waals surface area contributed by atoms with Gasteiger partial charge in [-0.1, -0.05) is 65.0 Å². The molecule has 11 rings (SSSR count). The number of aliphatic hydroxyl groups is 2. The summed E-state index contributed by atoms with van der Waals surface area (Å²) in [4.78, 5) is 40.0. The van der Waals surface area contributed by atoms with Crippen LogP contribution in [0.4, 0.5) is 0 Å². The van der Waals surface area contributed by atoms with Gasteiger partial charge < -0.3 is 33.9 Å². The van der Waals surface area contributed by atoms with Crippen molar-refractivity contribution in [3.63, 3.8) is 0 Å². The molecule has 10 heteroatoms. The van der Waals surface area contributed by atoms with E-state index < -0.39 is 29.5 Å². The van der Waals surface area contributed by atoms with Crippen LogP contribution in [0.15, 0.2) is 58.7 Å². The SMILES string of the molecule is C=C1/C(=C\C=C2/CCC[C@@]3(C)C2CCC3[C@@H](C)/C=C/C(OC(=O)CCC(=O)O[C@@H]2[C@@]3(C(C)C)C[C@H]3[C@@H]3O[C@]34[C@]23O[C@H]3C[C@H]2C3=C(CC[C@@]24C)C(=O)OC3)C2CC2)C[C@@H](O)C[C@@H]1O. The van der Waals surface area contributed by atoms with E-state index in [4.69, 9.17) is 23.7 Å². The Bertz CT molecular complexity index is 2090. The Labute approximate surface area is 366 Å². The molecular formula is C52H68O10. The number of rotatable bonds is 11. The molecule has 10 nitrogen and oxygen atoms in total. The second-order valence-electron chi connectivity index (χ2n) is 22.6. The van der Waals surface area contributed by atoms with Gasteiger partial charge in [-0.05, 0) is 147 Å². The third kappa shape index (κ3) is 5.82. The predicted molar refractivity (Wildman–Crippen MR) is 229 cm³/mol. The van der Waals surface area contributed by atoms with E-state index in [2.05, 4.69) is 65.5 Å². The lowest BCUT2D eigenvalue weighted by Crippen LogP contribution is -2.67. The fourth-order valence-electron chi connectivity index (χ4n) is 15.9. The quantitative estimate of drug-likeness (QED) is 0.0910. The topological polar surface area (TPSA) is 144 Å². The summed E-state index contributed by atoms with van der Waals surface area (Å²) >= 11 is 0. The van der Waals surface area contributed by atoms with Crippen LogP contribution in [-0.4, -0.2) is 82.6 Å². The first-order valence-corrected chi connectivity index (χ1v) is 24.4. The van der Waals surface area contributed by atoms with E-state index in [1.165, 1.54) is 12.0 Å². The predicted octanol–water partition coefficient (Wildman–Crippen LogP) is 7.96. The van der Waals surface area contributed by atoms with Crippen LogP contribution in [0.25, 0.3) is 0 Å². The second kappa shape index (κ2) is 14.2. The minimum absolute atomic E-state index is 0.0263. The summed E-state index contributed by atoms with van der Waals surface area (Å²) in [7, 11) is 0. The fraction of sp³-hybridized carbons (Fsp3) is 0.750. The van der Waals surface area contributed by atoms with Crippen LogP contribution in [0.3, 0.4) is 0 Å². The molecule has 0 amide bonds. The van der Waals surface area contributed by atoms with Gasteiger partial charge >= 0.3 is 17.9 Å². The van der Waals surface area contributed by atoms with Crippen LogP contribution in [0.2, 0.25) is 0 Å². The van der Waals surface area contributed by atoms with Crippen LogP contribution in [0, 0.1) is 57.7 Å². The number of cyclic esters (lactones) is 1. The van der Waals surface area contributed by atoms with Crippen molar-refractivity contribution in [2.75, 3.05) is 6.61 Å². The summed E-state index contributed by atoms with van der Waals surface area (Å²) in [6, 6.07) is 0. The maximum atomic E-state index is 13.9. The molecule has 2 spiro atoms. The first kappa shape index (κ1) is 41.6. The number of hydrogen-bond acceptors (Lipinski definition) is 10. The van der Waals surface area contributed by atoms with Gasteiger partial charge in [-0.2, -0.15) is 0 Å². The third-order valence-corrected chi connectivity index (χ3v) is 19.5. The molecule has 0 aromatic carbocycles. The van der Waals surface area contributed by atoms with Gasteiger partial charge in [0.15, 0.2) is 5.60 Å². The number of allylic oxidation sites excluding steroid dienone is 4. The van der Waals surface area contributed by atoms with Gasteiger partial charge in [0.05, 0.1) is 37.3 Å². The van der Waals surface area contributed by atoms with Gasteiger partial charge in [-0.3, -0.25) is 9.59 Å². The van der Waals surface area contributed by atoms with Crippen molar-refractivity contribution in [1.82, 2.24) is 0 Å². The van der Waals surface area contributed by atoms with Gasteiger partial charge in [-0.15, -0.1) is 0 Å². The van der Waals surface area contributed by atoms with Gasteiger partial charge in [0.2, 0.25) is 0 Å². The molecule has 3 unspecified atom stereocenters. The molecule has 11 aliphatic rings. The average molecular weight is 853 g/mol. The van der Waals surface area contributed by atoms with Crippen LogP contribution in [0.1, 0.15) is 131 Å². The standard InChI is InChI=1S/C52H68O10/c1-27(2)50-25-39(50)45-52(62-45)49(6)21-19-34-35(26-58-46(34)57)38(49)24-42-51(52,61-42)47(50)60-44(56)18-17-43(55)59-41(31-11-12-31)16-9-28(3)36-14-15-37-30(8-7-20-48(36,37)5)10-13-32-22-33(53)23-40(54)29(32)4/h9-10,13,16,27-28,31,33,36-42,45,47,53-54H,4,7-8,11-12,14-15,17-26H2,1-3,5-6H3/b16-9+,30-10+,32-13-/t28-,33+,36?,37?,38-,39-,40-,41?,42-,45-,47+,48+,49-,50+,51+,52+/m0/s1. The molecule has 0 radical (unpaired) electrons. The van der Waals surface area contributed by atoms with Gasteiger partial charge in [-0.25, -0.2) is 4.79 Å². The highest BCUT2D eigenvalue weighted by Crippen LogP contribution is 2.87. The minimum atomic E-state index is -0.709. The van der Waals surface area contributed by atoms with Gasteiger partial charge in [0.25, 0.3) is 0 Å². The Morgan fingerprint density at radius 2 is 1.74 bits per heavy atom. The highest BCUT2D eigenvalue weighted by molar-refractivity contribution is 5.92. The normalized spacial score (nSPS) is 48.0. The summed E-state index contributed by atoms with van der Waals surface area (Å²) in [5, 5.41) is 20.6. The summed E-state index contributed by atoms with van der Waals surface area (Å²) in [5.74, 6) is 1.42.